The molecule has 4 aromatic carbocycles. The van der Waals surface area contributed by atoms with E-state index in [1.165, 1.54) is 42.5 Å². The molecule has 0 fully saturated rings. The van der Waals surface area contributed by atoms with Crippen LogP contribution in [-0.4, -0.2) is 47.7 Å². The van der Waals surface area contributed by atoms with E-state index >= 15 is 0 Å². The summed E-state index contributed by atoms with van der Waals surface area (Å²) in [5.74, 6) is -3.08. The fourth-order valence-corrected chi connectivity index (χ4v) is 6.20. The van der Waals surface area contributed by atoms with E-state index in [1.807, 2.05) is 0 Å². The van der Waals surface area contributed by atoms with Crippen molar-refractivity contribution in [2.24, 2.45) is 0 Å². The molecule has 16 heteroatoms. The summed E-state index contributed by atoms with van der Waals surface area (Å²) < 4.78 is 69.9. The van der Waals surface area contributed by atoms with Crippen LogP contribution in [0.2, 0.25) is 0 Å². The average Bonchev–Trinajstić information content (AvgIpc) is 2.90. The molecule has 44 heavy (non-hydrogen) atoms. The third-order valence-corrected chi connectivity index (χ3v) is 8.41. The Morgan fingerprint density at radius 1 is 0.591 bits per heavy atom. The van der Waals surface area contributed by atoms with E-state index in [0.29, 0.717) is 11.1 Å². The van der Waals surface area contributed by atoms with Gasteiger partial charge in [-0.15, -0.1) is 0 Å². The first-order valence-electron chi connectivity index (χ1n) is 12.1. The van der Waals surface area contributed by atoms with Gasteiger partial charge in [0.2, 0.25) is 11.6 Å². The van der Waals surface area contributed by atoms with Gasteiger partial charge in [-0.1, -0.05) is 12.1 Å². The third-order valence-electron chi connectivity index (χ3n) is 6.64. The van der Waals surface area contributed by atoms with Crippen molar-refractivity contribution in [2.45, 2.75) is 23.6 Å². The molecule has 0 saturated heterocycles. The van der Waals surface area contributed by atoms with Gasteiger partial charge in [0.1, 0.15) is 26.5 Å². The monoisotopic (exact) mass is 655 g/mol. The molecule has 5 N–H and O–H groups in total. The molecule has 0 unspecified atom stereocenters. The predicted molar refractivity (Wildman–Crippen MR) is 150 cm³/mol. The zero-order chi connectivity index (χ0) is 30.7. The zero-order valence-corrected chi connectivity index (χ0v) is 29.4. The van der Waals surface area contributed by atoms with Gasteiger partial charge in [-0.3, -0.25) is 14.1 Å². The molecular weight excluding hydrogens is 634 g/mol. The van der Waals surface area contributed by atoms with Crippen LogP contribution in [0, 0.1) is 13.8 Å². The Balaban J connectivity index is 0.00000264. The van der Waals surface area contributed by atoms with Crippen LogP contribution >= 0.6 is 0 Å². The predicted octanol–water partition coefficient (Wildman–Crippen LogP) is -1.86. The molecule has 216 valence electrons. The molecule has 4 aromatic rings. The van der Waals surface area contributed by atoms with Crippen LogP contribution in [0.1, 0.15) is 43.0 Å². The summed E-state index contributed by atoms with van der Waals surface area (Å²) >= 11 is 0. The van der Waals surface area contributed by atoms with Gasteiger partial charge in [0.15, 0.2) is 0 Å². The van der Waals surface area contributed by atoms with Crippen molar-refractivity contribution in [2.75, 3.05) is 10.6 Å². The van der Waals surface area contributed by atoms with Gasteiger partial charge >= 0.3 is 59.1 Å². The molecule has 0 atom stereocenters. The zero-order valence-electron chi connectivity index (χ0n) is 23.8. The van der Waals surface area contributed by atoms with E-state index in [-0.39, 0.29) is 93.0 Å². The second kappa shape index (κ2) is 12.9. The Kier molecular flexibility index (Phi) is 10.5. The van der Waals surface area contributed by atoms with Gasteiger partial charge in [-0.2, -0.15) is 8.42 Å². The van der Waals surface area contributed by atoms with E-state index in [0.717, 1.165) is 18.2 Å². The fraction of sp³-hybridized carbons (Fsp3) is 0.0714. The molecule has 1 aliphatic rings. The summed E-state index contributed by atoms with van der Waals surface area (Å²) in [4.78, 5) is 26.6. The number of nitrogens with one attached hydrogen (secondary N) is 2. The normalized spacial score (nSPS) is 12.4. The summed E-state index contributed by atoms with van der Waals surface area (Å²) in [6.07, 6.45) is 0. The van der Waals surface area contributed by atoms with Gasteiger partial charge in [-0.05, 0) is 73.5 Å². The van der Waals surface area contributed by atoms with Crippen LogP contribution in [-0.2, 0) is 20.2 Å². The maximum atomic E-state index is 13.8. The number of hydrogen-bond acceptors (Lipinski definition) is 11. The quantitative estimate of drug-likeness (QED) is 0.0775. The van der Waals surface area contributed by atoms with Crippen LogP contribution < -0.4 is 69.7 Å². The number of rotatable bonds is 6. The molecule has 0 bridgehead atoms. The first-order valence-corrected chi connectivity index (χ1v) is 14.9. The minimum atomic E-state index is -4.98. The van der Waals surface area contributed by atoms with Crippen LogP contribution in [0.25, 0.3) is 0 Å². The van der Waals surface area contributed by atoms with Crippen molar-refractivity contribution in [3.05, 3.63) is 94.0 Å². The first-order chi connectivity index (χ1) is 19.6. The van der Waals surface area contributed by atoms with Crippen LogP contribution in [0.15, 0.2) is 70.5 Å². The van der Waals surface area contributed by atoms with Crippen molar-refractivity contribution in [3.63, 3.8) is 0 Å². The van der Waals surface area contributed by atoms with Gasteiger partial charge in [-0.25, -0.2) is 8.42 Å². The second-order valence-electron chi connectivity index (χ2n) is 9.60. The molecular formula is C28H21N2Na2O10S2+. The van der Waals surface area contributed by atoms with E-state index in [2.05, 4.69) is 10.6 Å². The van der Waals surface area contributed by atoms with E-state index < -0.39 is 64.2 Å². The van der Waals surface area contributed by atoms with Crippen molar-refractivity contribution >= 4 is 54.6 Å². The summed E-state index contributed by atoms with van der Waals surface area (Å²) in [7, 11) is -9.72. The molecule has 0 radical (unpaired) electrons. The SMILES string of the molecule is Cc1ccc(Nc2ccc(Nc3ccc(C)cc3S(=O)(=O)O)c3c2C(=O)c2c(O)ccc(O)c2C3=O)c(S(=O)(=O)[O-])c1.[Na+].[Na+]. The molecule has 12 nitrogen and oxygen atoms in total. The largest absolute Gasteiger partial charge is 1.00 e. The maximum Gasteiger partial charge on any atom is 1.00 e. The van der Waals surface area contributed by atoms with Crippen LogP contribution in [0.4, 0.5) is 22.7 Å². The number of fused-ring (bicyclic) bond motifs is 2. The minimum Gasteiger partial charge on any atom is -0.744 e. The average molecular weight is 656 g/mol. The maximum absolute atomic E-state index is 13.8. The van der Waals surface area contributed by atoms with E-state index in [4.69, 9.17) is 0 Å². The van der Waals surface area contributed by atoms with Crippen molar-refractivity contribution in [3.8, 4) is 11.5 Å². The summed E-state index contributed by atoms with van der Waals surface area (Å²) in [6, 6.07) is 12.6. The number of aromatic hydroxyl groups is 2. The van der Waals surface area contributed by atoms with Crippen molar-refractivity contribution in [1.82, 2.24) is 0 Å². The first kappa shape index (κ1) is 35.7. The van der Waals surface area contributed by atoms with Gasteiger partial charge < -0.3 is 25.4 Å². The standard InChI is InChI=1S/C28H22N2O10S2.2Na/c1-13-3-5-15(21(11-13)41(35,36)37)29-17-7-8-18(30-16-6-4-14(2)12-22(16)42(38,39)40)24-23(17)27(33)25-19(31)9-10-20(32)26(25)28(24)34;;/h3-12,29-32H,1-2H3,(H,35,36,37)(H,38,39,40);;/q;2*+1/p-1. The molecule has 0 aromatic heterocycles. The van der Waals surface area contributed by atoms with Crippen molar-refractivity contribution < 1.29 is 105 Å². The number of carbonyl (C=O) groups is 2. The number of anilines is 4. The molecule has 0 heterocycles. The Morgan fingerprint density at radius 2 is 0.955 bits per heavy atom. The van der Waals surface area contributed by atoms with Crippen molar-refractivity contribution in [1.29, 1.82) is 0 Å². The Labute approximate surface area is 296 Å². The molecule has 5 rings (SSSR count). The number of phenols is 2. The molecule has 0 aliphatic heterocycles. The van der Waals surface area contributed by atoms with Gasteiger partial charge in [0.05, 0.1) is 49.9 Å². The number of ketones is 2. The number of aryl methyl sites for hydroxylation is 2. The number of carbonyl (C=O) groups excluding carboxylic acids is 2. The van der Waals surface area contributed by atoms with E-state index in [1.54, 1.807) is 13.8 Å². The Morgan fingerprint density at radius 3 is 1.34 bits per heavy atom. The minimum absolute atomic E-state index is 0. The smallest absolute Gasteiger partial charge is 0.744 e. The molecule has 0 spiro atoms. The van der Waals surface area contributed by atoms with Crippen LogP contribution in [0.3, 0.4) is 0 Å². The molecule has 0 saturated carbocycles. The summed E-state index contributed by atoms with van der Waals surface area (Å²) in [5, 5.41) is 26.4. The topological polar surface area (TPSA) is 210 Å². The van der Waals surface area contributed by atoms with Gasteiger partial charge in [0.25, 0.3) is 10.1 Å². The number of benzene rings is 4. The molecule has 1 aliphatic carbocycles. The van der Waals surface area contributed by atoms with Gasteiger partial charge in [0, 0.05) is 0 Å². The Hall–Kier alpha value is -2.76. The number of hydrogen-bond donors (Lipinski definition) is 5. The summed E-state index contributed by atoms with van der Waals surface area (Å²) in [5.41, 5.74) is -1.37. The van der Waals surface area contributed by atoms with E-state index in [9.17, 15) is 45.7 Å². The third kappa shape index (κ3) is 6.60. The fourth-order valence-electron chi connectivity index (χ4n) is 4.75. The Bertz CT molecular complexity index is 1940. The molecule has 0 amide bonds. The second-order valence-corrected chi connectivity index (χ2v) is 12.3. The number of phenolic OH excluding ortho intramolecular Hbond substituents is 2. The summed E-state index contributed by atoms with van der Waals surface area (Å²) in [6.45, 7) is 3.16. The van der Waals surface area contributed by atoms with Crippen LogP contribution in [0.5, 0.6) is 11.5 Å².